The predicted molar refractivity (Wildman–Crippen MR) is 60.4 cm³/mol. The van der Waals surface area contributed by atoms with Crippen molar-refractivity contribution >= 4 is 11.8 Å². The van der Waals surface area contributed by atoms with E-state index in [0.29, 0.717) is 10.8 Å². The number of fused-ring (bicyclic) bond motifs is 3. The summed E-state index contributed by atoms with van der Waals surface area (Å²) in [6.45, 7) is 8.37. The Kier molecular flexibility index (Phi) is 1.71. The molecule has 2 bridgehead atoms. The largest absolute Gasteiger partial charge is 0.363 e. The van der Waals surface area contributed by atoms with Crippen LogP contribution in [-0.4, -0.2) is 17.3 Å². The molecule has 0 unspecified atom stereocenters. The minimum Gasteiger partial charge on any atom is -0.363 e. The fourth-order valence-corrected chi connectivity index (χ4v) is 5.74. The van der Waals surface area contributed by atoms with E-state index in [4.69, 9.17) is 4.74 Å². The summed E-state index contributed by atoms with van der Waals surface area (Å²) in [5.41, 5.74) is 0.913. The van der Waals surface area contributed by atoms with Crippen LogP contribution in [0.4, 0.5) is 0 Å². The molecule has 14 heavy (non-hydrogen) atoms. The second kappa shape index (κ2) is 2.52. The van der Waals surface area contributed by atoms with Gasteiger partial charge in [0.05, 0.1) is 6.61 Å². The van der Waals surface area contributed by atoms with E-state index in [-0.39, 0.29) is 4.93 Å². The highest BCUT2D eigenvalue weighted by molar-refractivity contribution is 8.00. The molecule has 80 valence electrons. The number of hydrogen-bond acceptors (Lipinski definition) is 2. The van der Waals surface area contributed by atoms with E-state index in [1.54, 1.807) is 0 Å². The minimum atomic E-state index is 0.194. The summed E-state index contributed by atoms with van der Waals surface area (Å²) in [5.74, 6) is 2.11. The Morgan fingerprint density at radius 3 is 2.50 bits per heavy atom. The van der Waals surface area contributed by atoms with E-state index in [1.807, 2.05) is 0 Å². The van der Waals surface area contributed by atoms with Crippen LogP contribution in [0.25, 0.3) is 0 Å². The molecule has 0 N–H and O–H groups in total. The number of rotatable bonds is 0. The molecule has 0 amide bonds. The third-order valence-corrected chi connectivity index (χ3v) is 7.12. The lowest BCUT2D eigenvalue weighted by Gasteiger charge is -2.45. The quantitative estimate of drug-likeness (QED) is 0.609. The molecule has 0 aromatic heterocycles. The molecule has 1 saturated heterocycles. The van der Waals surface area contributed by atoms with Crippen molar-refractivity contribution in [3.8, 4) is 0 Å². The number of hydrogen-bond donors (Lipinski definition) is 0. The van der Waals surface area contributed by atoms with Gasteiger partial charge >= 0.3 is 0 Å². The highest BCUT2D eigenvalue weighted by atomic mass is 32.2. The normalized spacial score (nSPS) is 54.6. The molecule has 1 nitrogen and oxygen atoms in total. The minimum absolute atomic E-state index is 0.194. The standard InChI is InChI=1S/C12H20OS/c1-10(2)9-4-5-11(10,3)12(8-9)13-6-7-14-12/h9H,4-8H2,1-3H3/t9-,11-,12-/m0/s1. The Hall–Kier alpha value is 0.310. The summed E-state index contributed by atoms with van der Waals surface area (Å²) >= 11 is 2.09. The van der Waals surface area contributed by atoms with Crippen molar-refractivity contribution in [3.63, 3.8) is 0 Å². The van der Waals surface area contributed by atoms with Gasteiger partial charge in [0.25, 0.3) is 0 Å². The fraction of sp³-hybridized carbons (Fsp3) is 1.00. The van der Waals surface area contributed by atoms with Gasteiger partial charge in [0.15, 0.2) is 0 Å². The zero-order valence-electron chi connectivity index (χ0n) is 9.43. The highest BCUT2D eigenvalue weighted by Gasteiger charge is 2.70. The summed E-state index contributed by atoms with van der Waals surface area (Å²) in [5, 5.41) is 0. The van der Waals surface area contributed by atoms with Gasteiger partial charge in [0.2, 0.25) is 0 Å². The SMILES string of the molecule is CC1(C)[C@H]2CC[C@]1(C)[C@@]1(C2)OCCS1. The van der Waals surface area contributed by atoms with Gasteiger partial charge in [-0.05, 0) is 30.6 Å². The molecule has 1 spiro atoms. The first kappa shape index (κ1) is 9.53. The molecule has 3 rings (SSSR count). The first-order valence-corrected chi connectivity index (χ1v) is 6.78. The number of ether oxygens (including phenoxy) is 1. The second-order valence-corrected chi connectivity index (χ2v) is 7.30. The fourth-order valence-electron chi connectivity index (χ4n) is 4.08. The van der Waals surface area contributed by atoms with Crippen molar-refractivity contribution in [2.24, 2.45) is 16.7 Å². The smallest absolute Gasteiger partial charge is 0.119 e. The molecule has 0 aromatic rings. The van der Waals surface area contributed by atoms with Gasteiger partial charge in [-0.25, -0.2) is 0 Å². The van der Waals surface area contributed by atoms with Crippen LogP contribution in [0.2, 0.25) is 0 Å². The molecule has 3 fully saturated rings. The van der Waals surface area contributed by atoms with Crippen LogP contribution < -0.4 is 0 Å². The molecule has 0 radical (unpaired) electrons. The predicted octanol–water partition coefficient (Wildman–Crippen LogP) is 3.29. The Morgan fingerprint density at radius 1 is 1.29 bits per heavy atom. The van der Waals surface area contributed by atoms with Crippen molar-refractivity contribution in [3.05, 3.63) is 0 Å². The summed E-state index contributed by atoms with van der Waals surface area (Å²) < 4.78 is 6.14. The van der Waals surface area contributed by atoms with E-state index in [2.05, 4.69) is 32.5 Å². The molecule has 2 heteroatoms. The average molecular weight is 212 g/mol. The molecular weight excluding hydrogens is 192 g/mol. The summed E-state index contributed by atoms with van der Waals surface area (Å²) in [6.07, 6.45) is 4.11. The van der Waals surface area contributed by atoms with Gasteiger partial charge in [0.1, 0.15) is 4.93 Å². The molecular formula is C12H20OS. The lowest BCUT2D eigenvalue weighted by atomic mass is 9.69. The van der Waals surface area contributed by atoms with Crippen LogP contribution in [0, 0.1) is 16.7 Å². The van der Waals surface area contributed by atoms with Gasteiger partial charge in [-0.2, -0.15) is 0 Å². The monoisotopic (exact) mass is 212 g/mol. The van der Waals surface area contributed by atoms with Crippen molar-refractivity contribution in [2.75, 3.05) is 12.4 Å². The van der Waals surface area contributed by atoms with Crippen molar-refractivity contribution in [1.29, 1.82) is 0 Å². The third-order valence-electron chi connectivity index (χ3n) is 5.55. The lowest BCUT2D eigenvalue weighted by molar-refractivity contribution is -0.0564. The van der Waals surface area contributed by atoms with E-state index in [0.717, 1.165) is 12.5 Å². The molecule has 2 saturated carbocycles. The van der Waals surface area contributed by atoms with E-state index in [9.17, 15) is 0 Å². The van der Waals surface area contributed by atoms with Crippen molar-refractivity contribution in [1.82, 2.24) is 0 Å². The first-order chi connectivity index (χ1) is 6.52. The van der Waals surface area contributed by atoms with Crippen molar-refractivity contribution in [2.45, 2.75) is 45.0 Å². The molecule has 1 heterocycles. The van der Waals surface area contributed by atoms with Crippen molar-refractivity contribution < 1.29 is 4.74 Å². The summed E-state index contributed by atoms with van der Waals surface area (Å²) in [4.78, 5) is 0.194. The van der Waals surface area contributed by atoms with Crippen LogP contribution in [0.3, 0.4) is 0 Å². The molecule has 3 aliphatic rings. The van der Waals surface area contributed by atoms with E-state index < -0.39 is 0 Å². The molecule has 1 aliphatic heterocycles. The maximum absolute atomic E-state index is 6.14. The molecule has 0 aromatic carbocycles. The van der Waals surface area contributed by atoms with Gasteiger partial charge in [-0.1, -0.05) is 20.8 Å². The zero-order chi connectivity index (χ0) is 10.0. The average Bonchev–Trinajstić information content (AvgIpc) is 2.70. The summed E-state index contributed by atoms with van der Waals surface area (Å²) in [6, 6.07) is 0. The molecule has 3 atom stereocenters. The Labute approximate surface area is 91.0 Å². The van der Waals surface area contributed by atoms with E-state index in [1.165, 1.54) is 25.0 Å². The van der Waals surface area contributed by atoms with Gasteiger partial charge in [0, 0.05) is 11.2 Å². The summed E-state index contributed by atoms with van der Waals surface area (Å²) in [7, 11) is 0. The lowest BCUT2D eigenvalue weighted by Crippen LogP contribution is -2.44. The number of thioether (sulfide) groups is 1. The second-order valence-electron chi connectivity index (χ2n) is 5.94. The third kappa shape index (κ3) is 0.802. The maximum Gasteiger partial charge on any atom is 0.119 e. The maximum atomic E-state index is 6.14. The zero-order valence-corrected chi connectivity index (χ0v) is 10.2. The van der Waals surface area contributed by atoms with Crippen LogP contribution in [0.1, 0.15) is 40.0 Å². The van der Waals surface area contributed by atoms with Crippen LogP contribution in [0.15, 0.2) is 0 Å². The topological polar surface area (TPSA) is 9.23 Å². The van der Waals surface area contributed by atoms with Gasteiger partial charge < -0.3 is 4.74 Å². The Balaban J connectivity index is 2.06. The highest BCUT2D eigenvalue weighted by Crippen LogP contribution is 2.74. The van der Waals surface area contributed by atoms with Crippen LogP contribution in [-0.2, 0) is 4.74 Å². The van der Waals surface area contributed by atoms with E-state index >= 15 is 0 Å². The van der Waals surface area contributed by atoms with Gasteiger partial charge in [-0.3, -0.25) is 0 Å². The Morgan fingerprint density at radius 2 is 2.07 bits per heavy atom. The molecule has 2 aliphatic carbocycles. The Bertz CT molecular complexity index is 267. The van der Waals surface area contributed by atoms with Gasteiger partial charge in [-0.15, -0.1) is 11.8 Å². The first-order valence-electron chi connectivity index (χ1n) is 5.80. The van der Waals surface area contributed by atoms with Crippen LogP contribution >= 0.6 is 11.8 Å². The van der Waals surface area contributed by atoms with Crippen LogP contribution in [0.5, 0.6) is 0 Å².